The summed E-state index contributed by atoms with van der Waals surface area (Å²) in [5, 5.41) is 19.0. The molecule has 0 saturated carbocycles. The zero-order valence-electron chi connectivity index (χ0n) is 8.40. The average Bonchev–Trinajstić information content (AvgIpc) is 2.19. The van der Waals surface area contributed by atoms with Gasteiger partial charge in [-0.1, -0.05) is 18.2 Å². The van der Waals surface area contributed by atoms with Gasteiger partial charge in [0.15, 0.2) is 0 Å². The van der Waals surface area contributed by atoms with Gasteiger partial charge in [-0.15, -0.1) is 0 Å². The van der Waals surface area contributed by atoms with Crippen LogP contribution in [-0.2, 0) is 6.42 Å². The summed E-state index contributed by atoms with van der Waals surface area (Å²) in [7, 11) is 0. The van der Waals surface area contributed by atoms with Gasteiger partial charge in [0.05, 0.1) is 6.10 Å². The fourth-order valence-corrected chi connectivity index (χ4v) is 2.27. The smallest absolute Gasteiger partial charge is 0.0796 e. The van der Waals surface area contributed by atoms with Crippen LogP contribution in [0.3, 0.4) is 0 Å². The first-order valence-corrected chi connectivity index (χ1v) is 5.09. The summed E-state index contributed by atoms with van der Waals surface area (Å²) in [6, 6.07) is 6.03. The molecule has 0 heterocycles. The molecule has 0 saturated heterocycles. The van der Waals surface area contributed by atoms with Crippen molar-refractivity contribution < 1.29 is 10.2 Å². The van der Waals surface area contributed by atoms with E-state index in [0.29, 0.717) is 6.42 Å². The van der Waals surface area contributed by atoms with Gasteiger partial charge in [-0.05, 0) is 42.4 Å². The van der Waals surface area contributed by atoms with E-state index in [0.717, 1.165) is 12.0 Å². The number of rotatable bonds is 1. The monoisotopic (exact) mass is 192 g/mol. The number of aliphatic hydroxyl groups is 2. The predicted octanol–water partition coefficient (Wildman–Crippen LogP) is 1.58. The molecule has 14 heavy (non-hydrogen) atoms. The van der Waals surface area contributed by atoms with E-state index in [1.54, 1.807) is 0 Å². The topological polar surface area (TPSA) is 40.5 Å². The quantitative estimate of drug-likeness (QED) is 0.709. The molecule has 0 amide bonds. The second-order valence-electron chi connectivity index (χ2n) is 4.15. The summed E-state index contributed by atoms with van der Waals surface area (Å²) in [4.78, 5) is 0. The average molecular weight is 192 g/mol. The Morgan fingerprint density at radius 3 is 2.93 bits per heavy atom. The van der Waals surface area contributed by atoms with E-state index < -0.39 is 6.10 Å². The largest absolute Gasteiger partial charge is 0.396 e. The van der Waals surface area contributed by atoms with Crippen LogP contribution >= 0.6 is 0 Å². The molecule has 0 radical (unpaired) electrons. The molecule has 1 aliphatic carbocycles. The normalized spacial score (nSPS) is 25.9. The molecule has 2 atom stereocenters. The highest BCUT2D eigenvalue weighted by Gasteiger charge is 2.25. The molecule has 2 unspecified atom stereocenters. The Balaban J connectivity index is 2.40. The Bertz CT molecular complexity index is 333. The van der Waals surface area contributed by atoms with Gasteiger partial charge < -0.3 is 10.2 Å². The van der Waals surface area contributed by atoms with Gasteiger partial charge in [0, 0.05) is 6.61 Å². The third kappa shape index (κ3) is 1.56. The van der Waals surface area contributed by atoms with Crippen LogP contribution in [0, 0.1) is 12.8 Å². The van der Waals surface area contributed by atoms with E-state index in [9.17, 15) is 5.11 Å². The zero-order chi connectivity index (χ0) is 10.1. The van der Waals surface area contributed by atoms with Gasteiger partial charge >= 0.3 is 0 Å². The minimum atomic E-state index is -0.393. The van der Waals surface area contributed by atoms with E-state index >= 15 is 0 Å². The van der Waals surface area contributed by atoms with Crippen molar-refractivity contribution >= 4 is 0 Å². The van der Waals surface area contributed by atoms with Crippen LogP contribution in [0.25, 0.3) is 0 Å². The fourth-order valence-electron chi connectivity index (χ4n) is 2.27. The first-order chi connectivity index (χ1) is 6.72. The Labute approximate surface area is 84.2 Å². The molecule has 2 nitrogen and oxygen atoms in total. The summed E-state index contributed by atoms with van der Waals surface area (Å²) in [5.74, 6) is 0.221. The van der Waals surface area contributed by atoms with Crippen molar-refractivity contribution in [1.29, 1.82) is 0 Å². The summed E-state index contributed by atoms with van der Waals surface area (Å²) < 4.78 is 0. The molecule has 2 rings (SSSR count). The molecule has 0 fully saturated rings. The van der Waals surface area contributed by atoms with E-state index in [4.69, 9.17) is 5.11 Å². The lowest BCUT2D eigenvalue weighted by atomic mass is 9.80. The molecule has 76 valence electrons. The summed E-state index contributed by atoms with van der Waals surface area (Å²) in [6.07, 6.45) is 1.19. The van der Waals surface area contributed by atoms with Gasteiger partial charge in [0.25, 0.3) is 0 Å². The first kappa shape index (κ1) is 9.69. The fraction of sp³-hybridized carbons (Fsp3) is 0.500. The standard InChI is InChI=1S/C12H16O2/c1-8-3-2-4-10-11(8)5-9(7-13)6-12(10)14/h2-4,9,12-14H,5-7H2,1H3. The van der Waals surface area contributed by atoms with Crippen molar-refractivity contribution in [1.82, 2.24) is 0 Å². The number of aliphatic hydroxyl groups excluding tert-OH is 2. The highest BCUT2D eigenvalue weighted by Crippen LogP contribution is 2.34. The number of benzene rings is 1. The van der Waals surface area contributed by atoms with Crippen LogP contribution in [0.4, 0.5) is 0 Å². The van der Waals surface area contributed by atoms with Crippen LogP contribution in [0.15, 0.2) is 18.2 Å². The van der Waals surface area contributed by atoms with Crippen molar-refractivity contribution in [3.05, 3.63) is 34.9 Å². The van der Waals surface area contributed by atoms with Crippen molar-refractivity contribution in [2.75, 3.05) is 6.61 Å². The van der Waals surface area contributed by atoms with Gasteiger partial charge in [-0.3, -0.25) is 0 Å². The molecule has 2 heteroatoms. The van der Waals surface area contributed by atoms with Gasteiger partial charge in [-0.2, -0.15) is 0 Å². The lowest BCUT2D eigenvalue weighted by molar-refractivity contribution is 0.104. The minimum absolute atomic E-state index is 0.171. The van der Waals surface area contributed by atoms with Gasteiger partial charge in [0.1, 0.15) is 0 Å². The first-order valence-electron chi connectivity index (χ1n) is 5.09. The highest BCUT2D eigenvalue weighted by molar-refractivity contribution is 5.37. The Morgan fingerprint density at radius 1 is 1.43 bits per heavy atom. The summed E-state index contributed by atoms with van der Waals surface area (Å²) >= 11 is 0. The molecule has 1 aromatic carbocycles. The SMILES string of the molecule is Cc1cccc2c1CC(CO)CC2O. The summed E-state index contributed by atoms with van der Waals surface area (Å²) in [5.41, 5.74) is 3.50. The second kappa shape index (κ2) is 3.71. The van der Waals surface area contributed by atoms with Crippen molar-refractivity contribution in [2.24, 2.45) is 5.92 Å². The molecule has 1 aliphatic rings. The Morgan fingerprint density at radius 2 is 2.21 bits per heavy atom. The number of hydrogen-bond donors (Lipinski definition) is 2. The Kier molecular flexibility index (Phi) is 2.57. The van der Waals surface area contributed by atoms with Gasteiger partial charge in [0.2, 0.25) is 0 Å². The van der Waals surface area contributed by atoms with Crippen molar-refractivity contribution in [3.63, 3.8) is 0 Å². The van der Waals surface area contributed by atoms with Crippen LogP contribution in [0.1, 0.15) is 29.2 Å². The van der Waals surface area contributed by atoms with Gasteiger partial charge in [-0.25, -0.2) is 0 Å². The molecule has 0 aliphatic heterocycles. The van der Waals surface area contributed by atoms with Crippen molar-refractivity contribution in [3.8, 4) is 0 Å². The summed E-state index contributed by atoms with van der Waals surface area (Å²) in [6.45, 7) is 2.23. The zero-order valence-corrected chi connectivity index (χ0v) is 8.40. The molecule has 2 N–H and O–H groups in total. The molecule has 0 bridgehead atoms. The van der Waals surface area contributed by atoms with Crippen LogP contribution in [0.2, 0.25) is 0 Å². The van der Waals surface area contributed by atoms with Crippen LogP contribution in [-0.4, -0.2) is 16.8 Å². The van der Waals surface area contributed by atoms with E-state index in [1.165, 1.54) is 11.1 Å². The molecule has 0 spiro atoms. The third-order valence-corrected chi connectivity index (χ3v) is 3.11. The maximum Gasteiger partial charge on any atom is 0.0796 e. The lowest BCUT2D eigenvalue weighted by Gasteiger charge is -2.28. The molecule has 0 aromatic heterocycles. The van der Waals surface area contributed by atoms with E-state index in [-0.39, 0.29) is 12.5 Å². The minimum Gasteiger partial charge on any atom is -0.396 e. The third-order valence-electron chi connectivity index (χ3n) is 3.11. The van der Waals surface area contributed by atoms with E-state index in [1.807, 2.05) is 12.1 Å². The maximum absolute atomic E-state index is 9.88. The Hall–Kier alpha value is -0.860. The lowest BCUT2D eigenvalue weighted by Crippen LogP contribution is -2.21. The number of fused-ring (bicyclic) bond motifs is 1. The predicted molar refractivity (Wildman–Crippen MR) is 55.0 cm³/mol. The van der Waals surface area contributed by atoms with Crippen molar-refractivity contribution in [2.45, 2.75) is 25.9 Å². The molecule has 1 aromatic rings. The maximum atomic E-state index is 9.88. The highest BCUT2D eigenvalue weighted by atomic mass is 16.3. The number of hydrogen-bond acceptors (Lipinski definition) is 2. The molecular formula is C12H16O2. The second-order valence-corrected chi connectivity index (χ2v) is 4.15. The molecular weight excluding hydrogens is 176 g/mol. The van der Waals surface area contributed by atoms with Crippen LogP contribution in [0.5, 0.6) is 0 Å². The number of aryl methyl sites for hydroxylation is 1. The van der Waals surface area contributed by atoms with E-state index in [2.05, 4.69) is 13.0 Å². The van der Waals surface area contributed by atoms with Crippen LogP contribution < -0.4 is 0 Å².